The number of nitrogens with one attached hydrogen (secondary N) is 1. The molecule has 2 heterocycles. The third-order valence-electron chi connectivity index (χ3n) is 5.46. The number of allylic oxidation sites excluding steroid dienone is 1. The van der Waals surface area contributed by atoms with Crippen LogP contribution < -0.4 is 10.9 Å². The molecule has 1 amide bonds. The van der Waals surface area contributed by atoms with E-state index in [4.69, 9.17) is 11.6 Å². The van der Waals surface area contributed by atoms with Crippen LogP contribution >= 0.6 is 11.6 Å². The first-order chi connectivity index (χ1) is 14.6. The van der Waals surface area contributed by atoms with Crippen molar-refractivity contribution in [1.82, 2.24) is 14.9 Å². The molecule has 1 N–H and O–H groups in total. The van der Waals surface area contributed by atoms with Crippen LogP contribution in [0.4, 0.5) is 0 Å². The zero-order chi connectivity index (χ0) is 20.9. The van der Waals surface area contributed by atoms with Crippen molar-refractivity contribution >= 4 is 28.5 Å². The van der Waals surface area contributed by atoms with Gasteiger partial charge in [0.2, 0.25) is 0 Å². The number of amides is 1. The molecule has 6 heteroatoms. The molecule has 2 aromatic heterocycles. The lowest BCUT2D eigenvalue weighted by molar-refractivity contribution is 0.0952. The molecule has 0 saturated heterocycles. The SMILES string of the molecule is O=C(NCCC1=CCCCC1)c1cc2cccnc2n(Cc2ccc(Cl)cc2)c1=O. The van der Waals surface area contributed by atoms with Gasteiger partial charge < -0.3 is 5.32 Å². The van der Waals surface area contributed by atoms with Crippen LogP contribution in [0.15, 0.2) is 65.1 Å². The first kappa shape index (κ1) is 20.4. The van der Waals surface area contributed by atoms with Crippen LogP contribution in [0.1, 0.15) is 48.0 Å². The summed E-state index contributed by atoms with van der Waals surface area (Å²) in [5, 5.41) is 4.31. The summed E-state index contributed by atoms with van der Waals surface area (Å²) in [6.07, 6.45) is 9.44. The van der Waals surface area contributed by atoms with Gasteiger partial charge in [-0.2, -0.15) is 0 Å². The minimum Gasteiger partial charge on any atom is -0.352 e. The predicted molar refractivity (Wildman–Crippen MR) is 120 cm³/mol. The van der Waals surface area contributed by atoms with Crippen molar-refractivity contribution in [3.63, 3.8) is 0 Å². The number of hydrogen-bond donors (Lipinski definition) is 1. The molecule has 1 aromatic carbocycles. The Kier molecular flexibility index (Phi) is 6.29. The molecule has 30 heavy (non-hydrogen) atoms. The molecule has 4 rings (SSSR count). The molecular formula is C24H24ClN3O2. The molecule has 0 radical (unpaired) electrons. The van der Waals surface area contributed by atoms with Crippen molar-refractivity contribution in [2.24, 2.45) is 0 Å². The normalized spacial score (nSPS) is 13.8. The maximum absolute atomic E-state index is 13.2. The Morgan fingerprint density at radius 1 is 1.17 bits per heavy atom. The molecule has 5 nitrogen and oxygen atoms in total. The molecular weight excluding hydrogens is 398 g/mol. The van der Waals surface area contributed by atoms with Gasteiger partial charge in [0.15, 0.2) is 0 Å². The van der Waals surface area contributed by atoms with E-state index in [1.54, 1.807) is 35.0 Å². The van der Waals surface area contributed by atoms with Crippen LogP contribution in [0.5, 0.6) is 0 Å². The Balaban J connectivity index is 1.60. The lowest BCUT2D eigenvalue weighted by Crippen LogP contribution is -2.34. The second-order valence-corrected chi connectivity index (χ2v) is 8.04. The number of nitrogens with zero attached hydrogens (tertiary/aromatic N) is 2. The van der Waals surface area contributed by atoms with Crippen molar-refractivity contribution in [2.45, 2.75) is 38.6 Å². The van der Waals surface area contributed by atoms with Gasteiger partial charge in [0.25, 0.3) is 11.5 Å². The van der Waals surface area contributed by atoms with Gasteiger partial charge in [0.1, 0.15) is 11.2 Å². The Morgan fingerprint density at radius 3 is 2.77 bits per heavy atom. The molecule has 0 atom stereocenters. The average Bonchev–Trinajstić information content (AvgIpc) is 2.77. The summed E-state index contributed by atoms with van der Waals surface area (Å²) in [6, 6.07) is 12.6. The first-order valence-electron chi connectivity index (χ1n) is 10.3. The summed E-state index contributed by atoms with van der Waals surface area (Å²) in [5.41, 5.74) is 2.66. The van der Waals surface area contributed by atoms with Crippen LogP contribution in [0.2, 0.25) is 5.02 Å². The Hall–Kier alpha value is -2.92. The quantitative estimate of drug-likeness (QED) is 0.586. The van der Waals surface area contributed by atoms with Crippen LogP contribution in [-0.2, 0) is 6.54 Å². The number of carbonyl (C=O) groups is 1. The van der Waals surface area contributed by atoms with Gasteiger partial charge in [-0.1, -0.05) is 35.4 Å². The molecule has 0 bridgehead atoms. The van der Waals surface area contributed by atoms with E-state index in [2.05, 4.69) is 16.4 Å². The standard InChI is InChI=1S/C24H24ClN3O2/c25-20-10-8-18(9-11-20)16-28-22-19(7-4-13-26-22)15-21(24(28)30)23(29)27-14-12-17-5-2-1-3-6-17/h4-5,7-11,13,15H,1-3,6,12,14,16H2,(H,27,29). The molecule has 1 aliphatic carbocycles. The molecule has 3 aromatic rings. The molecule has 154 valence electrons. The third kappa shape index (κ3) is 4.62. The van der Waals surface area contributed by atoms with E-state index < -0.39 is 0 Å². The van der Waals surface area contributed by atoms with Crippen LogP contribution in [-0.4, -0.2) is 22.0 Å². The molecule has 0 saturated carbocycles. The number of pyridine rings is 2. The van der Waals surface area contributed by atoms with Crippen molar-refractivity contribution in [2.75, 3.05) is 6.54 Å². The van der Waals surface area contributed by atoms with Gasteiger partial charge in [-0.15, -0.1) is 0 Å². The zero-order valence-corrected chi connectivity index (χ0v) is 17.5. The third-order valence-corrected chi connectivity index (χ3v) is 5.72. The predicted octanol–water partition coefficient (Wildman–Crippen LogP) is 4.72. The Bertz CT molecular complexity index is 1150. The molecule has 0 unspecified atom stereocenters. The van der Waals surface area contributed by atoms with E-state index >= 15 is 0 Å². The highest BCUT2D eigenvalue weighted by molar-refractivity contribution is 6.30. The maximum atomic E-state index is 13.2. The molecule has 1 aliphatic rings. The average molecular weight is 422 g/mol. The highest BCUT2D eigenvalue weighted by Crippen LogP contribution is 2.19. The molecule has 0 aliphatic heterocycles. The van der Waals surface area contributed by atoms with Gasteiger partial charge in [0, 0.05) is 23.2 Å². The fraction of sp³-hybridized carbons (Fsp3) is 0.292. The van der Waals surface area contributed by atoms with E-state index in [9.17, 15) is 9.59 Å². The number of halogens is 1. The Labute approximate surface area is 180 Å². The summed E-state index contributed by atoms with van der Waals surface area (Å²) in [6.45, 7) is 0.851. The minimum atomic E-state index is -0.342. The number of hydrogen-bond acceptors (Lipinski definition) is 3. The number of aromatic nitrogens is 2. The lowest BCUT2D eigenvalue weighted by Gasteiger charge is -2.14. The van der Waals surface area contributed by atoms with E-state index in [1.807, 2.05) is 18.2 Å². The van der Waals surface area contributed by atoms with Gasteiger partial charge in [-0.25, -0.2) is 4.98 Å². The summed E-state index contributed by atoms with van der Waals surface area (Å²) in [7, 11) is 0. The van der Waals surface area contributed by atoms with Gasteiger partial charge >= 0.3 is 0 Å². The largest absolute Gasteiger partial charge is 0.352 e. The van der Waals surface area contributed by atoms with Crippen LogP contribution in [0.3, 0.4) is 0 Å². The van der Waals surface area contributed by atoms with Crippen LogP contribution in [0, 0.1) is 0 Å². The second-order valence-electron chi connectivity index (χ2n) is 7.61. The Morgan fingerprint density at radius 2 is 2.00 bits per heavy atom. The fourth-order valence-electron chi connectivity index (χ4n) is 3.85. The fourth-order valence-corrected chi connectivity index (χ4v) is 3.98. The number of fused-ring (bicyclic) bond motifs is 1. The summed E-state index contributed by atoms with van der Waals surface area (Å²) >= 11 is 5.97. The van der Waals surface area contributed by atoms with Gasteiger partial charge in [-0.3, -0.25) is 14.2 Å². The topological polar surface area (TPSA) is 64.0 Å². The summed E-state index contributed by atoms with van der Waals surface area (Å²) in [4.78, 5) is 30.4. The van der Waals surface area contributed by atoms with Crippen molar-refractivity contribution in [1.29, 1.82) is 0 Å². The van der Waals surface area contributed by atoms with Gasteiger partial charge in [-0.05, 0) is 68.0 Å². The number of carbonyl (C=O) groups excluding carboxylic acids is 1. The minimum absolute atomic E-state index is 0.141. The van der Waals surface area contributed by atoms with E-state index in [0.29, 0.717) is 23.8 Å². The number of benzene rings is 1. The van der Waals surface area contributed by atoms with Gasteiger partial charge in [0.05, 0.1) is 6.54 Å². The van der Waals surface area contributed by atoms with Crippen molar-refractivity contribution < 1.29 is 4.79 Å². The van der Waals surface area contributed by atoms with E-state index in [1.165, 1.54) is 18.4 Å². The molecule has 0 spiro atoms. The highest BCUT2D eigenvalue weighted by Gasteiger charge is 2.16. The first-order valence-corrected chi connectivity index (χ1v) is 10.7. The maximum Gasteiger partial charge on any atom is 0.265 e. The van der Waals surface area contributed by atoms with Crippen molar-refractivity contribution in [3.05, 3.63) is 86.8 Å². The summed E-state index contributed by atoms with van der Waals surface area (Å²) < 4.78 is 1.55. The molecule has 0 fully saturated rings. The van der Waals surface area contributed by atoms with E-state index in [-0.39, 0.29) is 17.0 Å². The van der Waals surface area contributed by atoms with E-state index in [0.717, 1.165) is 30.2 Å². The number of rotatable bonds is 6. The second kappa shape index (κ2) is 9.26. The van der Waals surface area contributed by atoms with Crippen molar-refractivity contribution in [3.8, 4) is 0 Å². The zero-order valence-electron chi connectivity index (χ0n) is 16.7. The lowest BCUT2D eigenvalue weighted by atomic mass is 9.97. The van der Waals surface area contributed by atoms with Crippen LogP contribution in [0.25, 0.3) is 11.0 Å². The summed E-state index contributed by atoms with van der Waals surface area (Å²) in [5.74, 6) is -0.341. The smallest absolute Gasteiger partial charge is 0.265 e. The highest BCUT2D eigenvalue weighted by atomic mass is 35.5. The monoisotopic (exact) mass is 421 g/mol.